The zero-order chi connectivity index (χ0) is 13.5. The summed E-state index contributed by atoms with van der Waals surface area (Å²) in [6.07, 6.45) is 3.66. The van der Waals surface area contributed by atoms with E-state index >= 15 is 0 Å². The molecular weight excluding hydrogens is 254 g/mol. The Balaban J connectivity index is 1.89. The van der Waals surface area contributed by atoms with Gasteiger partial charge in [0.15, 0.2) is 0 Å². The van der Waals surface area contributed by atoms with Crippen LogP contribution >= 0.6 is 11.8 Å². The Hall–Kier alpha value is -0.510. The topological polar surface area (TPSA) is 32.3 Å². The summed E-state index contributed by atoms with van der Waals surface area (Å²) in [7, 11) is 0. The average Bonchev–Trinajstić information content (AvgIpc) is 3.11. The molecule has 2 N–H and O–H groups in total. The van der Waals surface area contributed by atoms with Crippen LogP contribution in [-0.4, -0.2) is 23.4 Å². The third-order valence-electron chi connectivity index (χ3n) is 4.40. The van der Waals surface area contributed by atoms with E-state index in [1.807, 2.05) is 18.7 Å². The summed E-state index contributed by atoms with van der Waals surface area (Å²) in [5.74, 6) is 1.82. The molecule has 3 heteroatoms. The van der Waals surface area contributed by atoms with Crippen LogP contribution in [0.4, 0.5) is 0 Å². The average molecular weight is 277 g/mol. The van der Waals surface area contributed by atoms with Gasteiger partial charge in [0, 0.05) is 16.7 Å². The number of nitrogens with one attached hydrogen (secondary N) is 1. The molecule has 0 amide bonds. The van der Waals surface area contributed by atoms with Crippen molar-refractivity contribution in [2.24, 2.45) is 5.92 Å². The summed E-state index contributed by atoms with van der Waals surface area (Å²) in [4.78, 5) is 1.36. The second-order valence-corrected chi connectivity index (χ2v) is 7.08. The fraction of sp³-hybridized carbons (Fsp3) is 0.625. The minimum atomic E-state index is -0.768. The van der Waals surface area contributed by atoms with Crippen molar-refractivity contribution in [3.05, 3.63) is 29.3 Å². The van der Waals surface area contributed by atoms with Crippen molar-refractivity contribution in [3.8, 4) is 0 Å². The van der Waals surface area contributed by atoms with Crippen LogP contribution in [-0.2, 0) is 12.0 Å². The van der Waals surface area contributed by atoms with Crippen molar-refractivity contribution in [1.82, 2.24) is 5.32 Å². The maximum absolute atomic E-state index is 11.0. The number of likely N-dealkylation sites (N-methyl/N-ethyl adjacent to an activating group) is 1. The predicted molar refractivity (Wildman–Crippen MR) is 80.6 cm³/mol. The van der Waals surface area contributed by atoms with Crippen molar-refractivity contribution in [1.29, 1.82) is 0 Å². The Morgan fingerprint density at radius 2 is 2.26 bits per heavy atom. The van der Waals surface area contributed by atoms with Gasteiger partial charge in [0.25, 0.3) is 0 Å². The number of benzene rings is 1. The minimum Gasteiger partial charge on any atom is -0.384 e. The molecule has 0 aromatic heterocycles. The first-order valence-electron chi connectivity index (χ1n) is 7.35. The highest BCUT2D eigenvalue weighted by molar-refractivity contribution is 7.99. The second kappa shape index (κ2) is 5.12. The maximum atomic E-state index is 11.0. The highest BCUT2D eigenvalue weighted by Gasteiger charge is 2.43. The van der Waals surface area contributed by atoms with Gasteiger partial charge >= 0.3 is 0 Å². The van der Waals surface area contributed by atoms with Gasteiger partial charge in [0.2, 0.25) is 0 Å². The van der Waals surface area contributed by atoms with Crippen molar-refractivity contribution in [3.63, 3.8) is 0 Å². The lowest BCUT2D eigenvalue weighted by atomic mass is 9.85. The highest BCUT2D eigenvalue weighted by atomic mass is 32.2. The molecule has 0 radical (unpaired) electrons. The summed E-state index contributed by atoms with van der Waals surface area (Å²) in [6.45, 7) is 5.00. The molecule has 2 nitrogen and oxygen atoms in total. The normalized spacial score (nSPS) is 22.9. The molecule has 19 heavy (non-hydrogen) atoms. The summed E-state index contributed by atoms with van der Waals surface area (Å²) in [5, 5.41) is 14.5. The van der Waals surface area contributed by atoms with E-state index in [9.17, 15) is 5.11 Å². The van der Waals surface area contributed by atoms with Crippen LogP contribution in [0.1, 0.15) is 37.8 Å². The number of hydrogen-bond donors (Lipinski definition) is 2. The molecule has 2 atom stereocenters. The molecule has 1 aromatic carbocycles. The monoisotopic (exact) mass is 277 g/mol. The van der Waals surface area contributed by atoms with Gasteiger partial charge in [-0.05, 0) is 55.8 Å². The fourth-order valence-corrected chi connectivity index (χ4v) is 4.24. The van der Waals surface area contributed by atoms with Crippen molar-refractivity contribution < 1.29 is 5.11 Å². The summed E-state index contributed by atoms with van der Waals surface area (Å²) >= 11 is 1.92. The molecule has 2 aliphatic rings. The van der Waals surface area contributed by atoms with Crippen LogP contribution in [0.5, 0.6) is 0 Å². The molecule has 0 saturated heterocycles. The van der Waals surface area contributed by atoms with E-state index in [-0.39, 0.29) is 6.04 Å². The Kier molecular flexibility index (Phi) is 3.63. The Bertz CT molecular complexity index is 468. The molecule has 1 heterocycles. The molecule has 1 aliphatic heterocycles. The van der Waals surface area contributed by atoms with Crippen LogP contribution < -0.4 is 5.32 Å². The van der Waals surface area contributed by atoms with E-state index in [2.05, 4.69) is 30.4 Å². The summed E-state index contributed by atoms with van der Waals surface area (Å²) in [5.41, 5.74) is 1.74. The number of hydrogen-bond acceptors (Lipinski definition) is 3. The minimum absolute atomic E-state index is 0.182. The number of aryl methyl sites for hydroxylation is 1. The zero-order valence-corrected chi connectivity index (χ0v) is 12.6. The smallest absolute Gasteiger partial charge is 0.102 e. The first kappa shape index (κ1) is 13.5. The van der Waals surface area contributed by atoms with Crippen molar-refractivity contribution in [2.45, 2.75) is 49.6 Å². The van der Waals surface area contributed by atoms with Gasteiger partial charge in [-0.3, -0.25) is 0 Å². The van der Waals surface area contributed by atoms with Gasteiger partial charge in [-0.15, -0.1) is 11.8 Å². The lowest BCUT2D eigenvalue weighted by molar-refractivity contribution is 0.00725. The van der Waals surface area contributed by atoms with Crippen molar-refractivity contribution >= 4 is 11.8 Å². The van der Waals surface area contributed by atoms with E-state index in [0.717, 1.165) is 12.1 Å². The quantitative estimate of drug-likeness (QED) is 0.868. The van der Waals surface area contributed by atoms with E-state index in [1.165, 1.54) is 35.5 Å². The molecular formula is C16H23NOS. The Morgan fingerprint density at radius 3 is 2.95 bits per heavy atom. The molecule has 1 aliphatic carbocycles. The zero-order valence-electron chi connectivity index (χ0n) is 11.8. The third-order valence-corrected chi connectivity index (χ3v) is 5.50. The SMILES string of the molecule is CCNC(C1CC1)C(C)(O)c1ccc2c(c1)SCC2. The first-order valence-corrected chi connectivity index (χ1v) is 8.33. The van der Waals surface area contributed by atoms with E-state index in [0.29, 0.717) is 5.92 Å². The number of thioether (sulfide) groups is 1. The van der Waals surface area contributed by atoms with Crippen LogP contribution in [0, 0.1) is 5.92 Å². The molecule has 1 fully saturated rings. The van der Waals surface area contributed by atoms with Gasteiger partial charge in [-0.2, -0.15) is 0 Å². The van der Waals surface area contributed by atoms with Crippen molar-refractivity contribution in [2.75, 3.05) is 12.3 Å². The molecule has 1 saturated carbocycles. The second-order valence-electron chi connectivity index (χ2n) is 5.94. The molecule has 0 bridgehead atoms. The maximum Gasteiger partial charge on any atom is 0.102 e. The van der Waals surface area contributed by atoms with Crippen LogP contribution in [0.2, 0.25) is 0 Å². The molecule has 2 unspecified atom stereocenters. The van der Waals surface area contributed by atoms with Crippen LogP contribution in [0.25, 0.3) is 0 Å². The Morgan fingerprint density at radius 1 is 1.47 bits per heavy atom. The lowest BCUT2D eigenvalue weighted by Gasteiger charge is -2.34. The van der Waals surface area contributed by atoms with Gasteiger partial charge in [0.05, 0.1) is 0 Å². The molecule has 0 spiro atoms. The van der Waals surface area contributed by atoms with Gasteiger partial charge in [-0.1, -0.05) is 19.1 Å². The van der Waals surface area contributed by atoms with Gasteiger partial charge in [-0.25, -0.2) is 0 Å². The summed E-state index contributed by atoms with van der Waals surface area (Å²) in [6, 6.07) is 6.72. The number of rotatable bonds is 5. The van der Waals surface area contributed by atoms with Gasteiger partial charge < -0.3 is 10.4 Å². The first-order chi connectivity index (χ1) is 9.13. The van der Waals surface area contributed by atoms with E-state index in [1.54, 1.807) is 0 Å². The van der Waals surface area contributed by atoms with E-state index in [4.69, 9.17) is 0 Å². The lowest BCUT2D eigenvalue weighted by Crippen LogP contribution is -2.48. The largest absolute Gasteiger partial charge is 0.384 e. The van der Waals surface area contributed by atoms with E-state index < -0.39 is 5.60 Å². The van der Waals surface area contributed by atoms with Crippen LogP contribution in [0.3, 0.4) is 0 Å². The standard InChI is InChI=1S/C16H23NOS/c1-3-17-15(12-4-5-12)16(2,18)13-7-6-11-8-9-19-14(11)10-13/h6-7,10,12,15,17-18H,3-5,8-9H2,1-2H3. The van der Waals surface area contributed by atoms with Crippen LogP contribution in [0.15, 0.2) is 23.1 Å². The fourth-order valence-electron chi connectivity index (χ4n) is 3.13. The molecule has 1 aromatic rings. The van der Waals surface area contributed by atoms with Gasteiger partial charge in [0.1, 0.15) is 5.60 Å². The number of aliphatic hydroxyl groups is 1. The summed E-state index contributed by atoms with van der Waals surface area (Å²) < 4.78 is 0. The third kappa shape index (κ3) is 2.56. The number of fused-ring (bicyclic) bond motifs is 1. The predicted octanol–water partition coefficient (Wildman–Crippen LogP) is 2.93. The molecule has 104 valence electrons. The molecule has 3 rings (SSSR count). The Labute approximate surface area is 120 Å². The highest BCUT2D eigenvalue weighted by Crippen LogP contribution is 2.42.